The van der Waals surface area contributed by atoms with Crippen molar-refractivity contribution < 1.29 is 22.7 Å². The van der Waals surface area contributed by atoms with Crippen molar-refractivity contribution in [2.45, 2.75) is 39.3 Å². The Labute approximate surface area is 245 Å². The summed E-state index contributed by atoms with van der Waals surface area (Å²) < 4.78 is 33.6. The van der Waals surface area contributed by atoms with E-state index in [-0.39, 0.29) is 24.6 Å². The molecule has 8 nitrogen and oxygen atoms in total. The number of amides is 2. The van der Waals surface area contributed by atoms with Crippen LogP contribution in [0.4, 0.5) is 5.69 Å². The molecule has 10 heteroatoms. The molecule has 0 aliphatic rings. The first-order valence-electron chi connectivity index (χ1n) is 13.2. The third-order valence-corrected chi connectivity index (χ3v) is 7.85. The number of halogens is 1. The first kappa shape index (κ1) is 31.2. The molecule has 214 valence electrons. The van der Waals surface area contributed by atoms with Crippen molar-refractivity contribution in [1.82, 2.24) is 10.2 Å². The van der Waals surface area contributed by atoms with Crippen LogP contribution < -0.4 is 14.4 Å². The fourth-order valence-electron chi connectivity index (χ4n) is 4.24. The van der Waals surface area contributed by atoms with Crippen molar-refractivity contribution in [3.63, 3.8) is 0 Å². The molecule has 0 saturated carbocycles. The normalized spacial score (nSPS) is 11.9. The van der Waals surface area contributed by atoms with E-state index < -0.39 is 28.5 Å². The molecule has 3 rings (SSSR count). The minimum Gasteiger partial charge on any atom is -0.492 e. The van der Waals surface area contributed by atoms with Crippen LogP contribution in [0.2, 0.25) is 0 Å². The maximum Gasteiger partial charge on any atom is 0.244 e. The number of nitrogens with zero attached hydrogens (tertiary/aromatic N) is 2. The van der Waals surface area contributed by atoms with Crippen LogP contribution in [0.15, 0.2) is 83.3 Å². The minimum absolute atomic E-state index is 0.119. The molecule has 0 spiro atoms. The number of para-hydroxylation sites is 2. The molecule has 2 amide bonds. The molecule has 0 bridgehead atoms. The van der Waals surface area contributed by atoms with Crippen molar-refractivity contribution in [1.29, 1.82) is 0 Å². The Bertz CT molecular complexity index is 1370. The molecule has 0 aromatic heterocycles. The van der Waals surface area contributed by atoms with Crippen LogP contribution in [-0.2, 0) is 32.6 Å². The molecule has 0 saturated heterocycles. The van der Waals surface area contributed by atoms with E-state index in [0.29, 0.717) is 18.9 Å². The Morgan fingerprint density at radius 2 is 1.57 bits per heavy atom. The number of rotatable bonds is 14. The van der Waals surface area contributed by atoms with Gasteiger partial charge in [-0.1, -0.05) is 77.5 Å². The highest BCUT2D eigenvalue weighted by atomic mass is 79.9. The van der Waals surface area contributed by atoms with Crippen molar-refractivity contribution >= 4 is 43.5 Å². The summed E-state index contributed by atoms with van der Waals surface area (Å²) in [6.45, 7) is 4.17. The third-order valence-electron chi connectivity index (χ3n) is 6.20. The summed E-state index contributed by atoms with van der Waals surface area (Å²) >= 11 is 3.44. The molecular formula is C30H36BrN3O5S. The quantitative estimate of drug-likeness (QED) is 0.277. The number of sulfonamides is 1. The molecule has 0 aliphatic carbocycles. The van der Waals surface area contributed by atoms with Gasteiger partial charge >= 0.3 is 0 Å². The first-order valence-corrected chi connectivity index (χ1v) is 15.8. The van der Waals surface area contributed by atoms with Crippen LogP contribution in [0.25, 0.3) is 0 Å². The molecule has 0 fully saturated rings. The Morgan fingerprint density at radius 3 is 2.20 bits per heavy atom. The molecule has 1 N–H and O–H groups in total. The predicted octanol–water partition coefficient (Wildman–Crippen LogP) is 4.78. The molecular weight excluding hydrogens is 594 g/mol. The number of nitrogens with one attached hydrogen (secondary N) is 1. The zero-order valence-electron chi connectivity index (χ0n) is 23.0. The molecule has 0 radical (unpaired) electrons. The van der Waals surface area contributed by atoms with Gasteiger partial charge in [-0.05, 0) is 48.7 Å². The van der Waals surface area contributed by atoms with Crippen molar-refractivity contribution in [3.8, 4) is 5.75 Å². The second-order valence-electron chi connectivity index (χ2n) is 9.32. The van der Waals surface area contributed by atoms with E-state index in [1.165, 1.54) is 4.90 Å². The number of anilines is 1. The summed E-state index contributed by atoms with van der Waals surface area (Å²) in [5.74, 6) is -0.451. The van der Waals surface area contributed by atoms with Crippen LogP contribution in [0, 0.1) is 0 Å². The summed E-state index contributed by atoms with van der Waals surface area (Å²) in [5.41, 5.74) is 1.95. The minimum atomic E-state index is -3.89. The summed E-state index contributed by atoms with van der Waals surface area (Å²) in [7, 11) is -3.89. The summed E-state index contributed by atoms with van der Waals surface area (Å²) in [4.78, 5) is 29.1. The van der Waals surface area contributed by atoms with E-state index in [9.17, 15) is 18.0 Å². The average molecular weight is 631 g/mol. The zero-order chi connectivity index (χ0) is 29.1. The fraction of sp³-hybridized carbons (Fsp3) is 0.333. The van der Waals surface area contributed by atoms with Gasteiger partial charge in [0.1, 0.15) is 18.3 Å². The number of carbonyl (C=O) groups excluding carboxylic acids is 2. The van der Waals surface area contributed by atoms with Gasteiger partial charge in [-0.25, -0.2) is 8.42 Å². The Kier molecular flexibility index (Phi) is 11.6. The Hall–Kier alpha value is -3.37. The highest BCUT2D eigenvalue weighted by molar-refractivity contribution is 9.10. The molecule has 40 heavy (non-hydrogen) atoms. The maximum absolute atomic E-state index is 14.1. The number of hydrogen-bond acceptors (Lipinski definition) is 5. The van der Waals surface area contributed by atoms with Crippen molar-refractivity contribution in [3.05, 3.63) is 94.5 Å². The number of hydrogen-bond donors (Lipinski definition) is 1. The standard InChI is InChI=1S/C30H36BrN3O5S/c1-4-19-32-30(36)27(20-23-11-7-6-8-12-23)33(21-24-15-17-25(31)18-16-24)29(35)22-34(40(3,37)38)26-13-9-10-14-28(26)39-5-2/h6-18,27H,4-5,19-22H2,1-3H3,(H,32,36)/t27-/m1/s1. The molecule has 3 aromatic rings. The first-order chi connectivity index (χ1) is 19.1. The van der Waals surface area contributed by atoms with Crippen LogP contribution in [0.1, 0.15) is 31.4 Å². The predicted molar refractivity (Wildman–Crippen MR) is 162 cm³/mol. The van der Waals surface area contributed by atoms with Gasteiger partial charge in [0.05, 0.1) is 18.6 Å². The Balaban J connectivity index is 2.06. The highest BCUT2D eigenvalue weighted by Crippen LogP contribution is 2.30. The smallest absolute Gasteiger partial charge is 0.244 e. The molecule has 0 aliphatic heterocycles. The fourth-order valence-corrected chi connectivity index (χ4v) is 5.36. The summed E-state index contributed by atoms with van der Waals surface area (Å²) in [6, 6.07) is 22.8. The number of benzene rings is 3. The van der Waals surface area contributed by atoms with E-state index in [1.54, 1.807) is 31.2 Å². The van der Waals surface area contributed by atoms with Crippen LogP contribution in [0.3, 0.4) is 0 Å². The van der Waals surface area contributed by atoms with Gasteiger partial charge in [-0.2, -0.15) is 0 Å². The molecule has 1 atom stereocenters. The SMILES string of the molecule is CCCNC(=O)[C@@H](Cc1ccccc1)N(Cc1ccc(Br)cc1)C(=O)CN(c1ccccc1OCC)S(C)(=O)=O. The number of ether oxygens (including phenoxy) is 1. The van der Waals surface area contributed by atoms with Crippen LogP contribution >= 0.6 is 15.9 Å². The summed E-state index contributed by atoms with van der Waals surface area (Å²) in [6.07, 6.45) is 2.06. The van der Waals surface area contributed by atoms with Gasteiger partial charge in [0.15, 0.2) is 0 Å². The highest BCUT2D eigenvalue weighted by Gasteiger charge is 2.33. The van der Waals surface area contributed by atoms with Crippen molar-refractivity contribution in [2.24, 2.45) is 0 Å². The molecule has 3 aromatic carbocycles. The lowest BCUT2D eigenvalue weighted by molar-refractivity contribution is -0.140. The van der Waals surface area contributed by atoms with E-state index >= 15 is 0 Å². The topological polar surface area (TPSA) is 96.0 Å². The lowest BCUT2D eigenvalue weighted by Gasteiger charge is -2.33. The zero-order valence-corrected chi connectivity index (χ0v) is 25.4. The average Bonchev–Trinajstić information content (AvgIpc) is 2.93. The maximum atomic E-state index is 14.1. The van der Waals surface area contributed by atoms with Crippen molar-refractivity contribution in [2.75, 3.05) is 30.3 Å². The Morgan fingerprint density at radius 1 is 0.925 bits per heavy atom. The van der Waals surface area contributed by atoms with E-state index in [2.05, 4.69) is 21.2 Å². The largest absolute Gasteiger partial charge is 0.492 e. The lowest BCUT2D eigenvalue weighted by Crippen LogP contribution is -2.53. The van der Waals surface area contributed by atoms with Gasteiger partial charge in [0.25, 0.3) is 0 Å². The monoisotopic (exact) mass is 629 g/mol. The van der Waals surface area contributed by atoms with Gasteiger partial charge in [-0.15, -0.1) is 0 Å². The van der Waals surface area contributed by atoms with Crippen LogP contribution in [0.5, 0.6) is 5.75 Å². The number of carbonyl (C=O) groups is 2. The second-order valence-corrected chi connectivity index (χ2v) is 12.1. The van der Waals surface area contributed by atoms with E-state index in [1.807, 2.05) is 61.5 Å². The lowest BCUT2D eigenvalue weighted by atomic mass is 10.0. The third kappa shape index (κ3) is 8.82. The van der Waals surface area contributed by atoms with Gasteiger partial charge in [-0.3, -0.25) is 13.9 Å². The van der Waals surface area contributed by atoms with E-state index in [4.69, 9.17) is 4.74 Å². The molecule has 0 unspecified atom stereocenters. The van der Waals surface area contributed by atoms with Gasteiger partial charge in [0, 0.05) is 24.0 Å². The van der Waals surface area contributed by atoms with Gasteiger partial charge < -0.3 is 15.0 Å². The second kappa shape index (κ2) is 14.9. The summed E-state index contributed by atoms with van der Waals surface area (Å²) in [5, 5.41) is 2.93. The van der Waals surface area contributed by atoms with Gasteiger partial charge in [0.2, 0.25) is 21.8 Å². The van der Waals surface area contributed by atoms with Crippen LogP contribution in [-0.4, -0.2) is 57.1 Å². The van der Waals surface area contributed by atoms with E-state index in [0.717, 1.165) is 32.6 Å². The molecule has 0 heterocycles.